The van der Waals surface area contributed by atoms with Crippen molar-refractivity contribution >= 4 is 17.2 Å². The van der Waals surface area contributed by atoms with Gasteiger partial charge in [0, 0.05) is 42.7 Å². The largest absolute Gasteiger partial charge is 0.352 e. The number of aryl methyl sites for hydroxylation is 2. The van der Waals surface area contributed by atoms with E-state index in [-0.39, 0.29) is 5.91 Å². The second-order valence-corrected chi connectivity index (χ2v) is 6.51. The standard InChI is InChI=1S/C19H19N3OS/c1-14-5-2-3-6-15(14)12-21-18(23)8-9-19-22-17(13-24-19)16-7-4-10-20-11-16/h2-7,10-11,13H,8-9,12H2,1H3,(H,21,23). The van der Waals surface area contributed by atoms with E-state index in [1.54, 1.807) is 23.7 Å². The Bertz CT molecular complexity index is 814. The first kappa shape index (κ1) is 16.3. The van der Waals surface area contributed by atoms with Gasteiger partial charge in [0.05, 0.1) is 10.7 Å². The number of hydrogen-bond acceptors (Lipinski definition) is 4. The van der Waals surface area contributed by atoms with Crippen LogP contribution in [0, 0.1) is 6.92 Å². The summed E-state index contributed by atoms with van der Waals surface area (Å²) in [4.78, 5) is 20.7. The highest BCUT2D eigenvalue weighted by Crippen LogP contribution is 2.21. The number of nitrogens with one attached hydrogen (secondary N) is 1. The Kier molecular flexibility index (Phi) is 5.33. The van der Waals surface area contributed by atoms with Crippen LogP contribution in [0.5, 0.6) is 0 Å². The van der Waals surface area contributed by atoms with Gasteiger partial charge in [-0.3, -0.25) is 9.78 Å². The lowest BCUT2D eigenvalue weighted by atomic mass is 10.1. The smallest absolute Gasteiger partial charge is 0.220 e. The van der Waals surface area contributed by atoms with Crippen molar-refractivity contribution in [3.05, 3.63) is 70.3 Å². The molecule has 0 saturated heterocycles. The summed E-state index contributed by atoms with van der Waals surface area (Å²) in [5.41, 5.74) is 4.27. The Morgan fingerprint density at radius 3 is 2.88 bits per heavy atom. The van der Waals surface area contributed by atoms with E-state index < -0.39 is 0 Å². The summed E-state index contributed by atoms with van der Waals surface area (Å²) >= 11 is 1.58. The first-order chi connectivity index (χ1) is 11.7. The summed E-state index contributed by atoms with van der Waals surface area (Å²) in [5.74, 6) is 0.0522. The van der Waals surface area contributed by atoms with Crippen LogP contribution in [0.3, 0.4) is 0 Å². The fraction of sp³-hybridized carbons (Fsp3) is 0.211. The molecule has 122 valence electrons. The number of aromatic nitrogens is 2. The van der Waals surface area contributed by atoms with Crippen LogP contribution in [-0.4, -0.2) is 15.9 Å². The van der Waals surface area contributed by atoms with Crippen LogP contribution in [0.15, 0.2) is 54.2 Å². The van der Waals surface area contributed by atoms with Gasteiger partial charge in [-0.15, -0.1) is 11.3 Å². The summed E-state index contributed by atoms with van der Waals surface area (Å²) in [6, 6.07) is 12.0. The van der Waals surface area contributed by atoms with Gasteiger partial charge in [0.2, 0.25) is 5.91 Å². The molecular formula is C19H19N3OS. The third kappa shape index (κ3) is 4.26. The molecule has 0 saturated carbocycles. The maximum atomic E-state index is 12.0. The number of pyridine rings is 1. The molecule has 1 N–H and O–H groups in total. The van der Waals surface area contributed by atoms with Crippen molar-refractivity contribution in [1.82, 2.24) is 15.3 Å². The second kappa shape index (κ2) is 7.84. The molecule has 3 rings (SSSR count). The number of benzene rings is 1. The molecule has 1 aromatic carbocycles. The highest BCUT2D eigenvalue weighted by Gasteiger charge is 2.08. The van der Waals surface area contributed by atoms with E-state index >= 15 is 0 Å². The monoisotopic (exact) mass is 337 g/mol. The van der Waals surface area contributed by atoms with Gasteiger partial charge in [-0.25, -0.2) is 4.98 Å². The van der Waals surface area contributed by atoms with Gasteiger partial charge in [0.1, 0.15) is 0 Å². The first-order valence-electron chi connectivity index (χ1n) is 7.88. The Balaban J connectivity index is 1.50. The van der Waals surface area contributed by atoms with Gasteiger partial charge in [-0.1, -0.05) is 24.3 Å². The Morgan fingerprint density at radius 1 is 1.21 bits per heavy atom. The van der Waals surface area contributed by atoms with E-state index in [9.17, 15) is 4.79 Å². The fourth-order valence-corrected chi connectivity index (χ4v) is 3.19. The fourth-order valence-electron chi connectivity index (χ4n) is 2.38. The summed E-state index contributed by atoms with van der Waals surface area (Å²) < 4.78 is 0. The SMILES string of the molecule is Cc1ccccc1CNC(=O)CCc1nc(-c2cccnc2)cs1. The summed E-state index contributed by atoms with van der Waals surface area (Å²) in [7, 11) is 0. The second-order valence-electron chi connectivity index (χ2n) is 5.57. The lowest BCUT2D eigenvalue weighted by Gasteiger charge is -2.07. The number of carbonyl (C=O) groups is 1. The number of hydrogen-bond donors (Lipinski definition) is 1. The van der Waals surface area contributed by atoms with Gasteiger partial charge in [0.25, 0.3) is 0 Å². The van der Waals surface area contributed by atoms with E-state index in [0.717, 1.165) is 21.8 Å². The summed E-state index contributed by atoms with van der Waals surface area (Å²) in [5, 5.41) is 5.96. The van der Waals surface area contributed by atoms with Gasteiger partial charge in [-0.05, 0) is 30.2 Å². The van der Waals surface area contributed by atoms with Crippen molar-refractivity contribution in [3.63, 3.8) is 0 Å². The van der Waals surface area contributed by atoms with E-state index in [1.165, 1.54) is 5.56 Å². The van der Waals surface area contributed by atoms with E-state index in [2.05, 4.69) is 28.3 Å². The molecule has 4 nitrogen and oxygen atoms in total. The van der Waals surface area contributed by atoms with Crippen LogP contribution in [0.2, 0.25) is 0 Å². The van der Waals surface area contributed by atoms with Gasteiger partial charge in [0.15, 0.2) is 0 Å². The number of nitrogens with zero attached hydrogens (tertiary/aromatic N) is 2. The van der Waals surface area contributed by atoms with Crippen molar-refractivity contribution in [1.29, 1.82) is 0 Å². The molecule has 2 aromatic heterocycles. The van der Waals surface area contributed by atoms with Crippen LogP contribution in [0.4, 0.5) is 0 Å². The zero-order valence-corrected chi connectivity index (χ0v) is 14.3. The van der Waals surface area contributed by atoms with Crippen molar-refractivity contribution in [2.75, 3.05) is 0 Å². The molecule has 24 heavy (non-hydrogen) atoms. The number of carbonyl (C=O) groups excluding carboxylic acids is 1. The maximum Gasteiger partial charge on any atom is 0.220 e. The molecule has 0 atom stereocenters. The third-order valence-electron chi connectivity index (χ3n) is 3.81. The van der Waals surface area contributed by atoms with Crippen LogP contribution in [0.1, 0.15) is 22.6 Å². The molecular weight excluding hydrogens is 318 g/mol. The molecule has 5 heteroatoms. The maximum absolute atomic E-state index is 12.0. The van der Waals surface area contributed by atoms with E-state index in [4.69, 9.17) is 0 Å². The van der Waals surface area contributed by atoms with Gasteiger partial charge >= 0.3 is 0 Å². The Labute approximate surface area is 145 Å². The molecule has 0 unspecified atom stereocenters. The highest BCUT2D eigenvalue weighted by atomic mass is 32.1. The average Bonchev–Trinajstić information content (AvgIpc) is 3.09. The van der Waals surface area contributed by atoms with Gasteiger partial charge < -0.3 is 5.32 Å². The molecule has 0 fully saturated rings. The van der Waals surface area contributed by atoms with Crippen LogP contribution in [0.25, 0.3) is 11.3 Å². The van der Waals surface area contributed by atoms with Crippen molar-refractivity contribution in [2.45, 2.75) is 26.3 Å². The van der Waals surface area contributed by atoms with E-state index in [1.807, 2.05) is 35.7 Å². The average molecular weight is 337 g/mol. The topological polar surface area (TPSA) is 54.9 Å². The lowest BCUT2D eigenvalue weighted by Crippen LogP contribution is -2.23. The third-order valence-corrected chi connectivity index (χ3v) is 4.72. The van der Waals surface area contributed by atoms with Gasteiger partial charge in [-0.2, -0.15) is 0 Å². The zero-order chi connectivity index (χ0) is 16.8. The molecule has 0 aliphatic carbocycles. The predicted octanol–water partition coefficient (Wildman–Crippen LogP) is 3.76. The lowest BCUT2D eigenvalue weighted by molar-refractivity contribution is -0.121. The highest BCUT2D eigenvalue weighted by molar-refractivity contribution is 7.09. The quantitative estimate of drug-likeness (QED) is 0.745. The van der Waals surface area contributed by atoms with Crippen LogP contribution < -0.4 is 5.32 Å². The first-order valence-corrected chi connectivity index (χ1v) is 8.76. The minimum absolute atomic E-state index is 0.0522. The Hall–Kier alpha value is -2.53. The predicted molar refractivity (Wildman–Crippen MR) is 96.7 cm³/mol. The number of amides is 1. The molecule has 0 bridgehead atoms. The molecule has 0 aliphatic heterocycles. The molecule has 1 amide bonds. The Morgan fingerprint density at radius 2 is 2.08 bits per heavy atom. The van der Waals surface area contributed by atoms with Crippen molar-refractivity contribution in [3.8, 4) is 11.3 Å². The van der Waals surface area contributed by atoms with Crippen LogP contribution in [-0.2, 0) is 17.8 Å². The summed E-state index contributed by atoms with van der Waals surface area (Å²) in [6.07, 6.45) is 4.65. The number of rotatable bonds is 6. The minimum Gasteiger partial charge on any atom is -0.352 e. The number of thiazole rings is 1. The normalized spacial score (nSPS) is 10.5. The molecule has 0 aliphatic rings. The van der Waals surface area contributed by atoms with Crippen molar-refractivity contribution in [2.24, 2.45) is 0 Å². The summed E-state index contributed by atoms with van der Waals surface area (Å²) in [6.45, 7) is 2.63. The van der Waals surface area contributed by atoms with Crippen LogP contribution >= 0.6 is 11.3 Å². The molecule has 0 spiro atoms. The van der Waals surface area contributed by atoms with E-state index in [0.29, 0.717) is 19.4 Å². The zero-order valence-electron chi connectivity index (χ0n) is 13.5. The molecule has 3 aromatic rings. The molecule has 0 radical (unpaired) electrons. The minimum atomic E-state index is 0.0522. The molecule has 2 heterocycles. The van der Waals surface area contributed by atoms with Crippen molar-refractivity contribution < 1.29 is 4.79 Å².